The van der Waals surface area contributed by atoms with Crippen molar-refractivity contribution in [2.24, 2.45) is 0 Å². The highest BCUT2D eigenvalue weighted by Gasteiger charge is 2.25. The summed E-state index contributed by atoms with van der Waals surface area (Å²) in [7, 11) is 1.99. The van der Waals surface area contributed by atoms with Gasteiger partial charge in [-0.3, -0.25) is 9.69 Å². The van der Waals surface area contributed by atoms with Gasteiger partial charge >= 0.3 is 0 Å². The van der Waals surface area contributed by atoms with Gasteiger partial charge in [-0.05, 0) is 37.6 Å². The Morgan fingerprint density at radius 3 is 3.00 bits per heavy atom. The van der Waals surface area contributed by atoms with Gasteiger partial charge in [0.25, 0.3) is 0 Å². The molecule has 0 aliphatic heterocycles. The van der Waals surface area contributed by atoms with Crippen LogP contribution in [0, 0.1) is 11.3 Å². The van der Waals surface area contributed by atoms with Crippen LogP contribution in [0.25, 0.3) is 0 Å². The van der Waals surface area contributed by atoms with Crippen LogP contribution >= 0.6 is 0 Å². The maximum absolute atomic E-state index is 11.9. The second-order valence-corrected chi connectivity index (χ2v) is 4.96. The third-order valence-electron chi connectivity index (χ3n) is 3.54. The van der Waals surface area contributed by atoms with Gasteiger partial charge in [-0.2, -0.15) is 5.26 Å². The number of ketones is 1. The van der Waals surface area contributed by atoms with E-state index < -0.39 is 0 Å². The Balaban J connectivity index is 2.04. The van der Waals surface area contributed by atoms with E-state index in [-0.39, 0.29) is 6.04 Å². The Bertz CT molecular complexity index is 476. The number of nitriles is 1. The van der Waals surface area contributed by atoms with Crippen molar-refractivity contribution < 1.29 is 4.79 Å². The van der Waals surface area contributed by atoms with Crippen LogP contribution in [0.5, 0.6) is 0 Å². The molecule has 1 atom stereocenters. The van der Waals surface area contributed by atoms with Gasteiger partial charge in [0.2, 0.25) is 0 Å². The van der Waals surface area contributed by atoms with E-state index in [9.17, 15) is 4.79 Å². The molecule has 0 saturated heterocycles. The molecule has 2 rings (SSSR count). The molecule has 1 aliphatic rings. The van der Waals surface area contributed by atoms with Gasteiger partial charge in [0.05, 0.1) is 17.7 Å². The molecule has 3 nitrogen and oxygen atoms in total. The smallest absolute Gasteiger partial charge is 0.149 e. The van der Waals surface area contributed by atoms with Crippen LogP contribution in [0.4, 0.5) is 0 Å². The van der Waals surface area contributed by atoms with Gasteiger partial charge in [0, 0.05) is 13.0 Å². The summed E-state index contributed by atoms with van der Waals surface area (Å²) in [5.74, 6) is 0.361. The minimum atomic E-state index is 0.0597. The van der Waals surface area contributed by atoms with Crippen molar-refractivity contribution in [3.05, 3.63) is 35.4 Å². The van der Waals surface area contributed by atoms with Crippen molar-refractivity contribution in [2.75, 3.05) is 7.05 Å². The lowest BCUT2D eigenvalue weighted by atomic mass is 9.93. The first-order chi connectivity index (χ1) is 8.70. The van der Waals surface area contributed by atoms with E-state index in [2.05, 4.69) is 11.0 Å². The minimum absolute atomic E-state index is 0.0597. The fraction of sp³-hybridized carbons (Fsp3) is 0.467. The molecule has 0 bridgehead atoms. The molecule has 1 aliphatic carbocycles. The zero-order valence-electron chi connectivity index (χ0n) is 10.7. The maximum atomic E-state index is 11.9. The SMILES string of the molecule is CN(Cc1cccc(C#N)c1)C1CCCCC1=O. The summed E-state index contributed by atoms with van der Waals surface area (Å²) in [5.41, 5.74) is 1.77. The second-order valence-electron chi connectivity index (χ2n) is 4.96. The van der Waals surface area contributed by atoms with Crippen LogP contribution in [-0.4, -0.2) is 23.8 Å². The van der Waals surface area contributed by atoms with Gasteiger partial charge in [-0.25, -0.2) is 0 Å². The van der Waals surface area contributed by atoms with Crippen molar-refractivity contribution in [3.63, 3.8) is 0 Å². The Hall–Kier alpha value is -1.66. The third-order valence-corrected chi connectivity index (χ3v) is 3.54. The summed E-state index contributed by atoms with van der Waals surface area (Å²) < 4.78 is 0. The minimum Gasteiger partial charge on any atom is -0.298 e. The van der Waals surface area contributed by atoms with Gasteiger partial charge < -0.3 is 0 Å². The highest BCUT2D eigenvalue weighted by atomic mass is 16.1. The molecule has 0 heterocycles. The topological polar surface area (TPSA) is 44.1 Å². The van der Waals surface area contributed by atoms with Gasteiger partial charge in [-0.15, -0.1) is 0 Å². The molecule has 1 aromatic carbocycles. The molecule has 0 radical (unpaired) electrons. The highest BCUT2D eigenvalue weighted by Crippen LogP contribution is 2.20. The van der Waals surface area contributed by atoms with Crippen molar-refractivity contribution in [3.8, 4) is 6.07 Å². The van der Waals surface area contributed by atoms with Crippen LogP contribution in [0.3, 0.4) is 0 Å². The Morgan fingerprint density at radius 2 is 2.28 bits per heavy atom. The van der Waals surface area contributed by atoms with Gasteiger partial charge in [-0.1, -0.05) is 18.6 Å². The van der Waals surface area contributed by atoms with E-state index in [1.165, 1.54) is 0 Å². The number of hydrogen-bond donors (Lipinski definition) is 0. The van der Waals surface area contributed by atoms with Crippen molar-refractivity contribution in [2.45, 2.75) is 38.3 Å². The summed E-state index contributed by atoms with van der Waals surface area (Å²) in [6.45, 7) is 0.728. The number of carbonyl (C=O) groups is 1. The molecule has 0 N–H and O–H groups in total. The predicted molar refractivity (Wildman–Crippen MR) is 69.9 cm³/mol. The zero-order valence-corrected chi connectivity index (χ0v) is 10.7. The Labute approximate surface area is 108 Å². The first-order valence-corrected chi connectivity index (χ1v) is 6.42. The molecule has 0 amide bonds. The zero-order chi connectivity index (χ0) is 13.0. The number of carbonyl (C=O) groups excluding carboxylic acids is 1. The standard InChI is InChI=1S/C15H18N2O/c1-17(14-7-2-3-8-15(14)18)11-13-6-4-5-12(9-13)10-16/h4-6,9,14H,2-3,7-8,11H2,1H3. The number of nitrogens with zero attached hydrogens (tertiary/aromatic N) is 2. The highest BCUT2D eigenvalue weighted by molar-refractivity contribution is 5.84. The van der Waals surface area contributed by atoms with E-state index in [1.807, 2.05) is 25.2 Å². The fourth-order valence-electron chi connectivity index (χ4n) is 2.57. The third kappa shape index (κ3) is 2.96. The Morgan fingerprint density at radius 1 is 1.44 bits per heavy atom. The van der Waals surface area contributed by atoms with E-state index in [1.54, 1.807) is 6.07 Å². The molecule has 0 spiro atoms. The second kappa shape index (κ2) is 5.79. The van der Waals surface area contributed by atoms with Gasteiger partial charge in [0.1, 0.15) is 5.78 Å². The molecule has 1 unspecified atom stereocenters. The maximum Gasteiger partial charge on any atom is 0.149 e. The first-order valence-electron chi connectivity index (χ1n) is 6.42. The fourth-order valence-corrected chi connectivity index (χ4v) is 2.57. The van der Waals surface area contributed by atoms with Crippen LogP contribution in [0.2, 0.25) is 0 Å². The van der Waals surface area contributed by atoms with Crippen LogP contribution in [-0.2, 0) is 11.3 Å². The number of rotatable bonds is 3. The molecular formula is C15H18N2O. The molecular weight excluding hydrogens is 224 g/mol. The largest absolute Gasteiger partial charge is 0.298 e. The average Bonchev–Trinajstić information content (AvgIpc) is 2.39. The first kappa shape index (κ1) is 12.8. The summed E-state index contributed by atoms with van der Waals surface area (Å²) in [4.78, 5) is 14.0. The van der Waals surface area contributed by atoms with Gasteiger partial charge in [0.15, 0.2) is 0 Å². The summed E-state index contributed by atoms with van der Waals surface area (Å²) >= 11 is 0. The lowest BCUT2D eigenvalue weighted by Crippen LogP contribution is -2.39. The van der Waals surface area contributed by atoms with Crippen LogP contribution in [0.15, 0.2) is 24.3 Å². The molecule has 18 heavy (non-hydrogen) atoms. The van der Waals surface area contributed by atoms with Crippen molar-refractivity contribution >= 4 is 5.78 Å². The van der Waals surface area contributed by atoms with E-state index in [0.717, 1.165) is 31.4 Å². The molecule has 1 saturated carbocycles. The number of Topliss-reactive ketones (excluding diaryl/α,β-unsaturated/α-hetero) is 1. The monoisotopic (exact) mass is 242 g/mol. The number of benzene rings is 1. The quantitative estimate of drug-likeness (QED) is 0.818. The molecule has 3 heteroatoms. The molecule has 1 fully saturated rings. The summed E-state index contributed by atoms with van der Waals surface area (Å²) in [6.07, 6.45) is 3.85. The van der Waals surface area contributed by atoms with Crippen LogP contribution < -0.4 is 0 Å². The van der Waals surface area contributed by atoms with E-state index in [0.29, 0.717) is 17.8 Å². The molecule has 94 valence electrons. The Kier molecular flexibility index (Phi) is 4.11. The summed E-state index contributed by atoms with van der Waals surface area (Å²) in [5, 5.41) is 8.87. The lowest BCUT2D eigenvalue weighted by Gasteiger charge is -2.29. The molecule has 1 aromatic rings. The number of hydrogen-bond acceptors (Lipinski definition) is 3. The van der Waals surface area contributed by atoms with Crippen LogP contribution in [0.1, 0.15) is 36.8 Å². The molecule has 0 aromatic heterocycles. The van der Waals surface area contributed by atoms with Crippen molar-refractivity contribution in [1.82, 2.24) is 4.90 Å². The predicted octanol–water partition coefficient (Wildman–Crippen LogP) is 2.50. The summed E-state index contributed by atoms with van der Waals surface area (Å²) in [6, 6.07) is 9.79. The average molecular weight is 242 g/mol. The normalized spacial score (nSPS) is 19.8. The van der Waals surface area contributed by atoms with E-state index in [4.69, 9.17) is 5.26 Å². The van der Waals surface area contributed by atoms with Crippen molar-refractivity contribution in [1.29, 1.82) is 5.26 Å². The number of likely N-dealkylation sites (N-methyl/N-ethyl adjacent to an activating group) is 1. The lowest BCUT2D eigenvalue weighted by molar-refractivity contribution is -0.125. The van der Waals surface area contributed by atoms with E-state index >= 15 is 0 Å².